The molecule has 0 spiro atoms. The summed E-state index contributed by atoms with van der Waals surface area (Å²) < 4.78 is 32.8. The van der Waals surface area contributed by atoms with Crippen LogP contribution in [0.15, 0.2) is 52.2 Å². The van der Waals surface area contributed by atoms with E-state index in [1.54, 1.807) is 35.2 Å². The van der Waals surface area contributed by atoms with E-state index >= 15 is 0 Å². The number of amides is 1. The number of nitrogens with zero attached hydrogens (tertiary/aromatic N) is 4. The molecular weight excluding hydrogens is 518 g/mol. The Hall–Kier alpha value is -2.99. The molecule has 4 rings (SSSR count). The summed E-state index contributed by atoms with van der Waals surface area (Å²) >= 11 is 6.04. The molecule has 1 fully saturated rings. The molecule has 2 heterocycles. The molecule has 1 aromatic heterocycles. The van der Waals surface area contributed by atoms with Crippen molar-refractivity contribution in [3.05, 3.63) is 63.7 Å². The van der Waals surface area contributed by atoms with Crippen LogP contribution >= 0.6 is 11.6 Å². The van der Waals surface area contributed by atoms with Gasteiger partial charge in [0.05, 0.1) is 35.5 Å². The van der Waals surface area contributed by atoms with Crippen LogP contribution in [0.1, 0.15) is 19.7 Å². The highest BCUT2D eigenvalue weighted by Crippen LogP contribution is 2.21. The van der Waals surface area contributed by atoms with Crippen molar-refractivity contribution in [2.45, 2.75) is 25.3 Å². The fourth-order valence-corrected chi connectivity index (χ4v) is 5.81. The largest absolute Gasteiger partial charge is 0.494 e. The normalized spacial score (nSPS) is 14.9. The van der Waals surface area contributed by atoms with E-state index in [2.05, 4.69) is 9.97 Å². The van der Waals surface area contributed by atoms with Crippen molar-refractivity contribution in [1.29, 1.82) is 0 Å². The number of aromatic amines is 1. The molecule has 37 heavy (non-hydrogen) atoms. The zero-order valence-corrected chi connectivity index (χ0v) is 22.4. The second-order valence-corrected chi connectivity index (χ2v) is 11.0. The van der Waals surface area contributed by atoms with Gasteiger partial charge in [0.2, 0.25) is 15.9 Å². The first-order valence-corrected chi connectivity index (χ1v) is 13.9. The van der Waals surface area contributed by atoms with Crippen molar-refractivity contribution in [3.8, 4) is 5.75 Å². The minimum absolute atomic E-state index is 0.105. The number of ether oxygens (including phenoxy) is 1. The maximum atomic E-state index is 13.0. The first-order valence-electron chi connectivity index (χ1n) is 12.1. The average molecular weight is 548 g/mol. The SMILES string of the molecule is CCOc1ccc(S(=O)(=O)N2CCN(C(=O)CN(CC)Cc3nc4cc(Cl)ccc4c(=O)[nH]3)CC2)cc1. The summed E-state index contributed by atoms with van der Waals surface area (Å²) in [5.41, 5.74) is 0.238. The molecule has 3 aromatic rings. The van der Waals surface area contributed by atoms with Gasteiger partial charge in [0.25, 0.3) is 5.56 Å². The molecule has 198 valence electrons. The molecule has 0 radical (unpaired) electrons. The Kier molecular flexibility index (Phi) is 8.48. The number of benzene rings is 2. The summed E-state index contributed by atoms with van der Waals surface area (Å²) in [5, 5.41) is 0.938. The van der Waals surface area contributed by atoms with Gasteiger partial charge < -0.3 is 14.6 Å². The summed E-state index contributed by atoms with van der Waals surface area (Å²) in [6.07, 6.45) is 0. The van der Waals surface area contributed by atoms with Crippen LogP contribution in [0.5, 0.6) is 5.75 Å². The number of hydrogen-bond acceptors (Lipinski definition) is 7. The molecule has 0 saturated carbocycles. The number of carbonyl (C=O) groups is 1. The van der Waals surface area contributed by atoms with Gasteiger partial charge in [-0.3, -0.25) is 14.5 Å². The van der Waals surface area contributed by atoms with Gasteiger partial charge in [0, 0.05) is 31.2 Å². The lowest BCUT2D eigenvalue weighted by Crippen LogP contribution is -2.52. The van der Waals surface area contributed by atoms with Crippen LogP contribution in [0.25, 0.3) is 10.9 Å². The number of halogens is 1. The van der Waals surface area contributed by atoms with E-state index in [-0.39, 0.29) is 42.5 Å². The highest BCUT2D eigenvalue weighted by molar-refractivity contribution is 7.89. The lowest BCUT2D eigenvalue weighted by molar-refractivity contribution is -0.133. The monoisotopic (exact) mass is 547 g/mol. The molecule has 10 nitrogen and oxygen atoms in total. The van der Waals surface area contributed by atoms with E-state index in [1.807, 2.05) is 18.7 Å². The van der Waals surface area contributed by atoms with E-state index in [0.717, 1.165) is 0 Å². The highest BCUT2D eigenvalue weighted by Gasteiger charge is 2.30. The predicted molar refractivity (Wildman–Crippen MR) is 141 cm³/mol. The Morgan fingerprint density at radius 2 is 1.81 bits per heavy atom. The van der Waals surface area contributed by atoms with Crippen molar-refractivity contribution in [2.24, 2.45) is 0 Å². The number of piperazine rings is 1. The molecule has 1 aliphatic rings. The predicted octanol–water partition coefficient (Wildman–Crippen LogP) is 2.33. The number of nitrogens with one attached hydrogen (secondary N) is 1. The van der Waals surface area contributed by atoms with Crippen molar-refractivity contribution in [2.75, 3.05) is 45.9 Å². The van der Waals surface area contributed by atoms with Crippen molar-refractivity contribution in [1.82, 2.24) is 24.1 Å². The molecule has 1 saturated heterocycles. The Bertz CT molecular complexity index is 1420. The minimum Gasteiger partial charge on any atom is -0.494 e. The van der Waals surface area contributed by atoms with E-state index in [4.69, 9.17) is 16.3 Å². The molecule has 0 atom stereocenters. The molecule has 2 aromatic carbocycles. The number of fused-ring (bicyclic) bond motifs is 1. The van der Waals surface area contributed by atoms with Crippen LogP contribution in [0, 0.1) is 0 Å². The number of H-pyrrole nitrogens is 1. The maximum absolute atomic E-state index is 13.0. The van der Waals surface area contributed by atoms with Crippen molar-refractivity contribution >= 4 is 38.4 Å². The van der Waals surface area contributed by atoms with Crippen LogP contribution < -0.4 is 10.3 Å². The smallest absolute Gasteiger partial charge is 0.258 e. The van der Waals surface area contributed by atoms with Gasteiger partial charge in [0.1, 0.15) is 11.6 Å². The van der Waals surface area contributed by atoms with E-state index < -0.39 is 10.0 Å². The topological polar surface area (TPSA) is 116 Å². The Labute approximate surface area is 220 Å². The number of hydrogen-bond donors (Lipinski definition) is 1. The molecule has 0 aliphatic carbocycles. The lowest BCUT2D eigenvalue weighted by atomic mass is 10.2. The van der Waals surface area contributed by atoms with Gasteiger partial charge in [0.15, 0.2) is 0 Å². The zero-order valence-electron chi connectivity index (χ0n) is 20.8. The second kappa shape index (κ2) is 11.6. The van der Waals surface area contributed by atoms with Gasteiger partial charge in [-0.15, -0.1) is 0 Å². The molecule has 1 N–H and O–H groups in total. The minimum atomic E-state index is -3.66. The van der Waals surface area contributed by atoms with Gasteiger partial charge in [-0.05, 0) is 55.9 Å². The Morgan fingerprint density at radius 3 is 2.46 bits per heavy atom. The molecule has 1 aliphatic heterocycles. The van der Waals surface area contributed by atoms with Gasteiger partial charge >= 0.3 is 0 Å². The lowest BCUT2D eigenvalue weighted by Gasteiger charge is -2.35. The average Bonchev–Trinajstić information content (AvgIpc) is 2.88. The third-order valence-corrected chi connectivity index (χ3v) is 8.41. The maximum Gasteiger partial charge on any atom is 0.258 e. The summed E-state index contributed by atoms with van der Waals surface area (Å²) in [6.45, 7) is 6.30. The summed E-state index contributed by atoms with van der Waals surface area (Å²) in [7, 11) is -3.66. The molecular formula is C25H30ClN5O5S. The van der Waals surface area contributed by atoms with Crippen LogP contribution in [-0.4, -0.2) is 84.3 Å². The zero-order chi connectivity index (χ0) is 26.6. The van der Waals surface area contributed by atoms with E-state index in [1.165, 1.54) is 16.4 Å². The summed E-state index contributed by atoms with van der Waals surface area (Å²) in [5.74, 6) is 0.955. The molecule has 0 bridgehead atoms. The Balaban J connectivity index is 1.36. The number of likely N-dealkylation sites (N-methyl/N-ethyl adjacent to an activating group) is 1. The third-order valence-electron chi connectivity index (χ3n) is 6.26. The highest BCUT2D eigenvalue weighted by atomic mass is 35.5. The van der Waals surface area contributed by atoms with Crippen LogP contribution in [0.3, 0.4) is 0 Å². The molecule has 12 heteroatoms. The van der Waals surface area contributed by atoms with Crippen LogP contribution in [0.2, 0.25) is 5.02 Å². The first kappa shape index (κ1) is 27.1. The van der Waals surface area contributed by atoms with E-state index in [0.29, 0.717) is 53.7 Å². The number of rotatable bonds is 9. The Morgan fingerprint density at radius 1 is 1.11 bits per heavy atom. The summed E-state index contributed by atoms with van der Waals surface area (Å²) in [6, 6.07) is 11.3. The number of carbonyl (C=O) groups excluding carboxylic acids is 1. The van der Waals surface area contributed by atoms with Crippen LogP contribution in [0.4, 0.5) is 0 Å². The van der Waals surface area contributed by atoms with Gasteiger partial charge in [-0.25, -0.2) is 13.4 Å². The van der Waals surface area contributed by atoms with Crippen LogP contribution in [-0.2, 0) is 21.4 Å². The molecule has 0 unspecified atom stereocenters. The fourth-order valence-electron chi connectivity index (χ4n) is 4.22. The second-order valence-electron chi connectivity index (χ2n) is 8.67. The number of sulfonamides is 1. The van der Waals surface area contributed by atoms with Gasteiger partial charge in [-0.2, -0.15) is 4.31 Å². The fraction of sp³-hybridized carbons (Fsp3) is 0.400. The third kappa shape index (κ3) is 6.30. The summed E-state index contributed by atoms with van der Waals surface area (Å²) in [4.78, 5) is 36.4. The first-order chi connectivity index (χ1) is 17.7. The quantitative estimate of drug-likeness (QED) is 0.437. The van der Waals surface area contributed by atoms with Gasteiger partial charge in [-0.1, -0.05) is 18.5 Å². The van der Waals surface area contributed by atoms with E-state index in [9.17, 15) is 18.0 Å². The standard InChI is InChI=1S/C25H30ClN5O5S/c1-3-29(16-23-27-22-15-18(26)5-10-21(22)25(33)28-23)17-24(32)30-11-13-31(14-12-30)37(34,35)20-8-6-19(7-9-20)36-4-2/h5-10,15H,3-4,11-14,16-17H2,1-2H3,(H,27,28,33). The van der Waals surface area contributed by atoms with Crippen molar-refractivity contribution in [3.63, 3.8) is 0 Å². The molecule has 1 amide bonds. The van der Waals surface area contributed by atoms with Crippen molar-refractivity contribution < 1.29 is 17.9 Å². The number of aromatic nitrogens is 2.